The second kappa shape index (κ2) is 13.7. The monoisotopic (exact) mass is 658 g/mol. The molecule has 1 unspecified atom stereocenters. The summed E-state index contributed by atoms with van der Waals surface area (Å²) in [5.74, 6) is -2.96. The first kappa shape index (κ1) is 35.1. The number of carbonyl (C=O) groups is 3. The number of rotatable bonds is 7. The second-order valence-corrected chi connectivity index (χ2v) is 12.2. The maximum atomic E-state index is 14.1. The van der Waals surface area contributed by atoms with Crippen LogP contribution in [-0.4, -0.2) is 65.6 Å². The second-order valence-electron chi connectivity index (χ2n) is 12.2. The van der Waals surface area contributed by atoms with Crippen LogP contribution < -0.4 is 36.2 Å². The number of aliphatic hydroxyl groups is 1. The van der Waals surface area contributed by atoms with Crippen LogP contribution in [0.25, 0.3) is 41.5 Å². The molecule has 3 aromatic rings. The van der Waals surface area contributed by atoms with Crippen LogP contribution in [0.5, 0.6) is 0 Å². The zero-order valence-electron chi connectivity index (χ0n) is 28.2. The Hall–Kier alpha value is -4.22. The third-order valence-corrected chi connectivity index (χ3v) is 9.84. The van der Waals surface area contributed by atoms with Gasteiger partial charge in [0.1, 0.15) is 5.92 Å². The first-order chi connectivity index (χ1) is 22.6. The van der Waals surface area contributed by atoms with Crippen molar-refractivity contribution in [1.82, 2.24) is 15.0 Å². The minimum Gasteiger partial charge on any atom is -0.681 e. The van der Waals surface area contributed by atoms with Gasteiger partial charge < -0.3 is 34.8 Å². The van der Waals surface area contributed by atoms with E-state index in [-0.39, 0.29) is 59.7 Å². The largest absolute Gasteiger partial charge is 2.00 e. The Morgan fingerprint density at radius 3 is 2.40 bits per heavy atom. The van der Waals surface area contributed by atoms with Gasteiger partial charge in [-0.3, -0.25) is 14.4 Å². The van der Waals surface area contributed by atoms with Crippen molar-refractivity contribution < 1.29 is 29.0 Å². The molecule has 5 heterocycles. The number of ether oxygens (including phenoxy) is 2. The first-order valence-corrected chi connectivity index (χ1v) is 16.0. The van der Waals surface area contributed by atoms with E-state index in [9.17, 15) is 19.5 Å². The number of hydrogen-bond donors (Lipinski definition) is 1. The molecule has 3 aliphatic rings. The molecule has 2 aliphatic heterocycles. The summed E-state index contributed by atoms with van der Waals surface area (Å²) in [5.41, 5.74) is 6.73. The number of nitrogens with zero attached hydrogens (tertiary/aromatic N) is 4. The van der Waals surface area contributed by atoms with Crippen molar-refractivity contribution in [2.75, 3.05) is 13.7 Å². The number of ketones is 1. The van der Waals surface area contributed by atoms with Gasteiger partial charge in [0.2, 0.25) is 0 Å². The van der Waals surface area contributed by atoms with Crippen LogP contribution >= 0.6 is 0 Å². The van der Waals surface area contributed by atoms with Crippen LogP contribution in [0.15, 0.2) is 12.3 Å². The molecular weight excluding hydrogens is 621 g/mol. The van der Waals surface area contributed by atoms with Gasteiger partial charge in [0, 0.05) is 12.0 Å². The molecule has 0 spiro atoms. The molecule has 10 nitrogen and oxygen atoms in total. The molecule has 246 valence electrons. The Morgan fingerprint density at radius 1 is 1.02 bits per heavy atom. The maximum absolute atomic E-state index is 14.1. The van der Waals surface area contributed by atoms with Crippen molar-refractivity contribution in [2.24, 2.45) is 17.8 Å². The number of aliphatic hydroxyl groups excluding tert-OH is 1. The molecule has 0 aromatic carbocycles. The molecule has 1 fully saturated rings. The van der Waals surface area contributed by atoms with Gasteiger partial charge in [-0.15, -0.1) is 33.1 Å². The molecule has 11 heteroatoms. The smallest absolute Gasteiger partial charge is 0.681 e. The maximum Gasteiger partial charge on any atom is 2.00 e. The third kappa shape index (κ3) is 5.56. The fraction of sp³-hybridized carbons (Fsp3) is 0.378. The number of esters is 2. The molecular formula is C37H38MgN4O6-2. The van der Waals surface area contributed by atoms with Crippen molar-refractivity contribution in [3.63, 3.8) is 0 Å². The Kier molecular flexibility index (Phi) is 10.0. The summed E-state index contributed by atoms with van der Waals surface area (Å²) in [5, 5.41) is 17.6. The van der Waals surface area contributed by atoms with Crippen LogP contribution in [0.2, 0.25) is 0 Å². The van der Waals surface area contributed by atoms with Gasteiger partial charge in [-0.25, -0.2) is 0 Å². The van der Waals surface area contributed by atoms with Crippen molar-refractivity contribution in [3.8, 4) is 0 Å². The summed E-state index contributed by atoms with van der Waals surface area (Å²) in [6.45, 7) is 13.9. The van der Waals surface area contributed by atoms with Gasteiger partial charge >= 0.3 is 35.0 Å². The molecule has 0 saturated carbocycles. The Morgan fingerprint density at radius 2 is 1.75 bits per heavy atom. The number of hydrogen-bond acceptors (Lipinski definition) is 6. The number of aromatic nitrogens is 3. The summed E-state index contributed by atoms with van der Waals surface area (Å²) in [6.07, 6.45) is 9.59. The topological polar surface area (TPSA) is 146 Å². The van der Waals surface area contributed by atoms with E-state index in [2.05, 4.69) is 6.58 Å². The van der Waals surface area contributed by atoms with Gasteiger partial charge in [0.25, 0.3) is 0 Å². The van der Waals surface area contributed by atoms with Crippen LogP contribution in [0.3, 0.4) is 0 Å². The van der Waals surface area contributed by atoms with Gasteiger partial charge in [0.05, 0.1) is 20.0 Å². The number of carbonyl (C=O) groups excluding carboxylic acids is 3. The van der Waals surface area contributed by atoms with Crippen LogP contribution in [0.4, 0.5) is 0 Å². The van der Waals surface area contributed by atoms with Crippen molar-refractivity contribution in [2.45, 2.75) is 59.9 Å². The standard InChI is InChI=1S/C37H38N4O6.Mg/c1-8-20-17(4)24-13-25-18(5)22(11-12-30(43)47-10-3)34(40-25)32-33(37(45)46-7)36(44)31-19(6)26(41-35(31)32)14-28-21(9-2)23(16-42)29(39-28)15-27(20)38-24;/h8,13-16,18,22,33-34H,1,9-12H2,2-7H3,(H,42,44);/q-4;+2/b25-13-,29-15-;/t18-,22-,33+,34?;/m0./s1. The molecule has 0 radical (unpaired) electrons. The molecule has 1 saturated heterocycles. The molecule has 8 bridgehead atoms. The van der Waals surface area contributed by atoms with Crippen molar-refractivity contribution >= 4 is 76.9 Å². The predicted octanol–water partition coefficient (Wildman–Crippen LogP) is 1.80. The quantitative estimate of drug-likeness (QED) is 0.228. The normalized spacial score (nSPS) is 23.6. The third-order valence-electron chi connectivity index (χ3n) is 9.84. The molecule has 0 amide bonds. The fourth-order valence-corrected chi connectivity index (χ4v) is 7.37. The van der Waals surface area contributed by atoms with E-state index in [4.69, 9.17) is 29.7 Å². The van der Waals surface area contributed by atoms with Gasteiger partial charge in [-0.2, -0.15) is 5.70 Å². The van der Waals surface area contributed by atoms with Crippen LogP contribution in [0, 0.1) is 31.6 Å². The molecule has 3 aromatic heterocycles. The van der Waals surface area contributed by atoms with Crippen LogP contribution in [0.1, 0.15) is 83.3 Å². The minimum atomic E-state index is -1.20. The number of fused-ring (bicyclic) bond motifs is 8. The van der Waals surface area contributed by atoms with Gasteiger partial charge in [-0.05, 0) is 56.2 Å². The van der Waals surface area contributed by atoms with E-state index >= 15 is 0 Å². The van der Waals surface area contributed by atoms with E-state index in [0.29, 0.717) is 67.9 Å². The number of allylic oxidation sites excluding steroid dienone is 1. The Balaban J connectivity index is 0.00000451. The molecule has 48 heavy (non-hydrogen) atoms. The van der Waals surface area contributed by atoms with E-state index in [1.54, 1.807) is 13.0 Å². The van der Waals surface area contributed by atoms with E-state index < -0.39 is 17.9 Å². The first-order valence-electron chi connectivity index (χ1n) is 16.0. The van der Waals surface area contributed by atoms with Gasteiger partial charge in [-0.1, -0.05) is 73.0 Å². The summed E-state index contributed by atoms with van der Waals surface area (Å²) >= 11 is 0. The van der Waals surface area contributed by atoms with E-state index in [1.807, 2.05) is 45.9 Å². The number of Topliss-reactive ketones (excluding diaryl/α,β-unsaturated/α-hetero) is 1. The van der Waals surface area contributed by atoms with E-state index in [1.165, 1.54) is 7.11 Å². The number of methoxy groups -OCH3 is 1. The fourth-order valence-electron chi connectivity index (χ4n) is 7.37. The molecule has 4 atom stereocenters. The SMILES string of the molecule is C=Cc1c2[n-]c(c1C)/C=C1\[N-]C(C3=c4[n-]/c(c(C)c4C(=O)[C@@H]3C(=O)OC)=C\c3[n-]c(/c(=C\O)c3CC)=C\2)[C@@H](CCC(=O)OCC)[C@@H]1C.[Mg+2]. The molecule has 1 N–H and O–H groups in total. The summed E-state index contributed by atoms with van der Waals surface area (Å²) < 4.78 is 10.4. The van der Waals surface area contributed by atoms with Gasteiger partial charge in [0.15, 0.2) is 5.78 Å². The summed E-state index contributed by atoms with van der Waals surface area (Å²) in [6, 6.07) is -0.624. The van der Waals surface area contributed by atoms with Crippen molar-refractivity contribution in [1.29, 1.82) is 0 Å². The van der Waals surface area contributed by atoms with E-state index in [0.717, 1.165) is 28.6 Å². The average molecular weight is 659 g/mol. The molecule has 1 aliphatic carbocycles. The zero-order chi connectivity index (χ0) is 33.7. The van der Waals surface area contributed by atoms with Crippen LogP contribution in [-0.2, 0) is 25.5 Å². The summed E-state index contributed by atoms with van der Waals surface area (Å²) in [7, 11) is 1.27. The average Bonchev–Trinajstić information content (AvgIpc) is 3.80. The van der Waals surface area contributed by atoms with Crippen molar-refractivity contribution in [3.05, 3.63) is 83.8 Å². The minimum absolute atomic E-state index is 0. The Bertz CT molecular complexity index is 2110. The zero-order valence-corrected chi connectivity index (χ0v) is 29.6. The predicted molar refractivity (Wildman–Crippen MR) is 184 cm³/mol. The molecule has 6 rings (SSSR count). The Labute approximate surface area is 294 Å². The summed E-state index contributed by atoms with van der Waals surface area (Å²) in [4.78, 5) is 54.8.